The third-order valence-electron chi connectivity index (χ3n) is 4.45. The average Bonchev–Trinajstić information content (AvgIpc) is 2.99. The van der Waals surface area contributed by atoms with Crippen LogP contribution in [0.25, 0.3) is 11.0 Å². The number of nitrogens with zero attached hydrogens (tertiary/aromatic N) is 2. The molecule has 0 unspecified atom stereocenters. The lowest BCUT2D eigenvalue weighted by atomic mass is 10.1. The van der Waals surface area contributed by atoms with Gasteiger partial charge in [0.05, 0.1) is 30.3 Å². The summed E-state index contributed by atoms with van der Waals surface area (Å²) in [4.78, 5) is 29.5. The molecule has 0 radical (unpaired) electrons. The number of carbonyl (C=O) groups excluding carboxylic acids is 2. The molecule has 7 heteroatoms. The Labute approximate surface area is 150 Å². The minimum atomic E-state index is -0.684. The van der Waals surface area contributed by atoms with Crippen molar-refractivity contribution in [2.45, 2.75) is 19.4 Å². The van der Waals surface area contributed by atoms with E-state index in [2.05, 4.69) is 15.6 Å². The van der Waals surface area contributed by atoms with Crippen LogP contribution in [0.1, 0.15) is 18.0 Å². The molecule has 132 valence electrons. The highest BCUT2D eigenvalue weighted by Gasteiger charge is 2.33. The molecule has 0 saturated heterocycles. The van der Waals surface area contributed by atoms with Crippen molar-refractivity contribution in [2.24, 2.45) is 0 Å². The van der Waals surface area contributed by atoms with E-state index < -0.39 is 6.04 Å². The van der Waals surface area contributed by atoms with Crippen molar-refractivity contribution >= 4 is 34.5 Å². The summed E-state index contributed by atoms with van der Waals surface area (Å²) in [6.45, 7) is 1.94. The molecule has 1 atom stereocenters. The number of amides is 2. The van der Waals surface area contributed by atoms with E-state index in [0.717, 1.165) is 16.6 Å². The van der Waals surface area contributed by atoms with Gasteiger partial charge in [0.15, 0.2) is 0 Å². The van der Waals surface area contributed by atoms with Crippen molar-refractivity contribution in [1.29, 1.82) is 0 Å². The van der Waals surface area contributed by atoms with Crippen LogP contribution in [0.15, 0.2) is 42.5 Å². The average molecular weight is 350 g/mol. The number of rotatable bonds is 3. The molecule has 26 heavy (non-hydrogen) atoms. The lowest BCUT2D eigenvalue weighted by molar-refractivity contribution is -0.124. The smallest absolute Gasteiger partial charge is 0.248 e. The number of aryl methyl sites for hydroxylation is 1. The van der Waals surface area contributed by atoms with Gasteiger partial charge in [0.1, 0.15) is 11.8 Å². The van der Waals surface area contributed by atoms with Gasteiger partial charge in [0.2, 0.25) is 17.8 Å². The molecule has 2 heterocycles. The van der Waals surface area contributed by atoms with E-state index in [-0.39, 0.29) is 18.2 Å². The zero-order valence-corrected chi connectivity index (χ0v) is 14.4. The Hall–Kier alpha value is -3.35. The first-order chi connectivity index (χ1) is 12.6. The Morgan fingerprint density at radius 2 is 2.12 bits per heavy atom. The second-order valence-corrected chi connectivity index (χ2v) is 6.26. The van der Waals surface area contributed by atoms with Crippen molar-refractivity contribution in [3.63, 3.8) is 0 Å². The van der Waals surface area contributed by atoms with Crippen LogP contribution in [0.2, 0.25) is 0 Å². The Balaban J connectivity index is 1.74. The summed E-state index contributed by atoms with van der Waals surface area (Å²) >= 11 is 0. The fourth-order valence-corrected chi connectivity index (χ4v) is 3.24. The maximum atomic E-state index is 13.0. The fraction of sp³-hybridized carbons (Fsp3) is 0.211. The highest BCUT2D eigenvalue weighted by molar-refractivity contribution is 6.03. The molecular weight excluding hydrogens is 332 g/mol. The molecule has 1 aliphatic heterocycles. The molecule has 2 aromatic carbocycles. The summed E-state index contributed by atoms with van der Waals surface area (Å²) < 4.78 is 7.09. The quantitative estimate of drug-likeness (QED) is 0.761. The number of imidazole rings is 1. The van der Waals surface area contributed by atoms with E-state index in [0.29, 0.717) is 17.4 Å². The Kier molecular flexibility index (Phi) is 3.84. The number of aromatic nitrogens is 2. The minimum absolute atomic E-state index is 0.0489. The monoisotopic (exact) mass is 350 g/mol. The Bertz CT molecular complexity index is 1020. The predicted molar refractivity (Wildman–Crippen MR) is 98.4 cm³/mol. The van der Waals surface area contributed by atoms with Gasteiger partial charge in [-0.15, -0.1) is 0 Å². The lowest BCUT2D eigenvalue weighted by Gasteiger charge is -2.25. The molecule has 2 N–H and O–H groups in total. The number of fused-ring (bicyclic) bond motifs is 3. The number of hydrogen-bond acceptors (Lipinski definition) is 4. The number of para-hydroxylation sites is 2. The van der Waals surface area contributed by atoms with Gasteiger partial charge in [-0.25, -0.2) is 4.98 Å². The van der Waals surface area contributed by atoms with Crippen molar-refractivity contribution < 1.29 is 14.3 Å². The Morgan fingerprint density at radius 1 is 1.31 bits per heavy atom. The molecule has 2 amide bonds. The molecule has 7 nitrogen and oxygen atoms in total. The molecule has 4 rings (SSSR count). The molecule has 3 aromatic rings. The van der Waals surface area contributed by atoms with Gasteiger partial charge in [-0.1, -0.05) is 18.2 Å². The largest absolute Gasteiger partial charge is 0.495 e. The molecule has 0 bridgehead atoms. The highest BCUT2D eigenvalue weighted by atomic mass is 16.5. The van der Waals surface area contributed by atoms with Crippen LogP contribution < -0.4 is 15.4 Å². The Morgan fingerprint density at radius 3 is 2.92 bits per heavy atom. The van der Waals surface area contributed by atoms with Crippen LogP contribution in [0.4, 0.5) is 11.6 Å². The van der Waals surface area contributed by atoms with Gasteiger partial charge >= 0.3 is 0 Å². The van der Waals surface area contributed by atoms with Gasteiger partial charge in [0, 0.05) is 0 Å². The zero-order chi connectivity index (χ0) is 18.3. The summed E-state index contributed by atoms with van der Waals surface area (Å²) in [6.07, 6.45) is 0.0489. The van der Waals surface area contributed by atoms with Crippen LogP contribution >= 0.6 is 0 Å². The standard InChI is InChI=1S/C19H18N4O3/c1-11-7-8-16(26-2)13(9-11)20-18(25)15-10-17(24)22-19-21-12-5-3-4-6-14(12)23(15)19/h3-9,15H,10H2,1-2H3,(H,20,25)(H,21,22,24)/t15-/m0/s1. The predicted octanol–water partition coefficient (Wildman–Crippen LogP) is 2.88. The molecule has 0 fully saturated rings. The summed E-state index contributed by atoms with van der Waals surface area (Å²) in [5, 5.41) is 5.63. The van der Waals surface area contributed by atoms with Crippen LogP contribution in [-0.2, 0) is 9.59 Å². The number of benzene rings is 2. The van der Waals surface area contributed by atoms with Gasteiger partial charge in [-0.05, 0) is 36.8 Å². The maximum absolute atomic E-state index is 13.0. The van der Waals surface area contributed by atoms with Gasteiger partial charge in [-0.3, -0.25) is 19.5 Å². The number of nitrogens with one attached hydrogen (secondary N) is 2. The van der Waals surface area contributed by atoms with Gasteiger partial charge in [-0.2, -0.15) is 0 Å². The third kappa shape index (κ3) is 2.67. The molecule has 0 saturated carbocycles. The van der Waals surface area contributed by atoms with Crippen LogP contribution in [0, 0.1) is 6.92 Å². The first kappa shape index (κ1) is 16.1. The molecular formula is C19H18N4O3. The SMILES string of the molecule is COc1ccc(C)cc1NC(=O)[C@@H]1CC(=O)Nc2nc3ccccc3n21. The zero-order valence-electron chi connectivity index (χ0n) is 14.4. The van der Waals surface area contributed by atoms with E-state index in [9.17, 15) is 9.59 Å². The van der Waals surface area contributed by atoms with E-state index in [4.69, 9.17) is 4.74 Å². The summed E-state index contributed by atoms with van der Waals surface area (Å²) in [5.41, 5.74) is 3.11. The van der Waals surface area contributed by atoms with E-state index in [1.54, 1.807) is 17.7 Å². The second-order valence-electron chi connectivity index (χ2n) is 6.26. The number of anilines is 2. The molecule has 1 aliphatic rings. The number of carbonyl (C=O) groups is 2. The van der Waals surface area contributed by atoms with Gasteiger partial charge < -0.3 is 10.1 Å². The van der Waals surface area contributed by atoms with Gasteiger partial charge in [0.25, 0.3) is 0 Å². The van der Waals surface area contributed by atoms with Crippen molar-refractivity contribution in [3.05, 3.63) is 48.0 Å². The topological polar surface area (TPSA) is 85.2 Å². The van der Waals surface area contributed by atoms with Crippen molar-refractivity contribution in [2.75, 3.05) is 17.7 Å². The summed E-state index contributed by atoms with van der Waals surface area (Å²) in [7, 11) is 1.55. The van der Waals surface area contributed by atoms with E-state index in [1.165, 1.54) is 0 Å². The fourth-order valence-electron chi connectivity index (χ4n) is 3.24. The normalized spacial score (nSPS) is 16.1. The van der Waals surface area contributed by atoms with Crippen molar-refractivity contribution in [1.82, 2.24) is 9.55 Å². The number of hydrogen-bond donors (Lipinski definition) is 2. The first-order valence-electron chi connectivity index (χ1n) is 8.29. The van der Waals surface area contributed by atoms with E-state index in [1.807, 2.05) is 43.3 Å². The summed E-state index contributed by atoms with van der Waals surface area (Å²) in [6, 6.07) is 12.4. The molecule has 0 aliphatic carbocycles. The summed E-state index contributed by atoms with van der Waals surface area (Å²) in [5.74, 6) is 0.441. The number of ether oxygens (including phenoxy) is 1. The van der Waals surface area contributed by atoms with E-state index >= 15 is 0 Å². The first-order valence-corrected chi connectivity index (χ1v) is 8.29. The highest BCUT2D eigenvalue weighted by Crippen LogP contribution is 2.32. The lowest BCUT2D eigenvalue weighted by Crippen LogP contribution is -2.35. The second kappa shape index (κ2) is 6.18. The minimum Gasteiger partial charge on any atom is -0.495 e. The van der Waals surface area contributed by atoms with Crippen LogP contribution in [-0.4, -0.2) is 28.5 Å². The molecule has 1 aromatic heterocycles. The third-order valence-corrected chi connectivity index (χ3v) is 4.45. The number of methoxy groups -OCH3 is 1. The molecule has 0 spiro atoms. The van der Waals surface area contributed by atoms with Crippen LogP contribution in [0.3, 0.4) is 0 Å². The van der Waals surface area contributed by atoms with Crippen LogP contribution in [0.5, 0.6) is 5.75 Å². The maximum Gasteiger partial charge on any atom is 0.248 e. The van der Waals surface area contributed by atoms with Crippen molar-refractivity contribution in [3.8, 4) is 5.75 Å².